The first-order chi connectivity index (χ1) is 9.93. The van der Waals surface area contributed by atoms with E-state index in [0.29, 0.717) is 5.54 Å². The van der Waals surface area contributed by atoms with Crippen molar-refractivity contribution >= 4 is 0 Å². The van der Waals surface area contributed by atoms with E-state index in [1.165, 1.54) is 18.4 Å². The summed E-state index contributed by atoms with van der Waals surface area (Å²) in [4.78, 5) is 2.64. The maximum atomic E-state index is 5.25. The molecule has 1 unspecified atom stereocenters. The molecule has 0 amide bonds. The average molecular weight is 288 g/mol. The summed E-state index contributed by atoms with van der Waals surface area (Å²) in [6.45, 7) is 10.3. The molecule has 1 aromatic carbocycles. The molecule has 2 fully saturated rings. The topological polar surface area (TPSA) is 24.5 Å². The lowest BCUT2D eigenvalue weighted by molar-refractivity contribution is 0.0178. The number of nitrogens with one attached hydrogen (secondary N) is 1. The van der Waals surface area contributed by atoms with E-state index in [0.717, 1.165) is 31.3 Å². The Kier molecular flexibility index (Phi) is 3.74. The molecule has 1 atom stereocenters. The lowest BCUT2D eigenvalue weighted by Crippen LogP contribution is -2.67. The number of rotatable bonds is 4. The molecule has 0 aromatic heterocycles. The standard InChI is InChI=1S/C18H28N2O/c1-17(2)12-19-18(3,15-7-8-15)13-20(17)11-14-5-9-16(21-4)10-6-14/h5-6,9-10,15,19H,7-8,11-13H2,1-4H3. The first-order valence-corrected chi connectivity index (χ1v) is 8.06. The number of piperazine rings is 1. The zero-order valence-electron chi connectivity index (χ0n) is 13.8. The summed E-state index contributed by atoms with van der Waals surface area (Å²) in [6, 6.07) is 8.49. The van der Waals surface area contributed by atoms with E-state index >= 15 is 0 Å². The average Bonchev–Trinajstić information content (AvgIpc) is 3.29. The second kappa shape index (κ2) is 5.29. The number of nitrogens with zero attached hydrogens (tertiary/aromatic N) is 1. The van der Waals surface area contributed by atoms with Gasteiger partial charge in [-0.2, -0.15) is 0 Å². The largest absolute Gasteiger partial charge is 0.497 e. The first kappa shape index (κ1) is 14.9. The highest BCUT2D eigenvalue weighted by molar-refractivity contribution is 5.27. The molecule has 116 valence electrons. The molecule has 1 aliphatic carbocycles. The number of hydrogen-bond donors (Lipinski definition) is 1. The van der Waals surface area contributed by atoms with Gasteiger partial charge in [0.1, 0.15) is 5.75 Å². The predicted molar refractivity (Wildman–Crippen MR) is 86.6 cm³/mol. The van der Waals surface area contributed by atoms with Crippen LogP contribution in [0, 0.1) is 5.92 Å². The fraction of sp³-hybridized carbons (Fsp3) is 0.667. The second-order valence-corrected chi connectivity index (χ2v) is 7.56. The number of ether oxygens (including phenoxy) is 1. The van der Waals surface area contributed by atoms with Gasteiger partial charge in [-0.3, -0.25) is 4.90 Å². The van der Waals surface area contributed by atoms with Crippen LogP contribution in [0.25, 0.3) is 0 Å². The minimum Gasteiger partial charge on any atom is -0.497 e. The number of methoxy groups -OCH3 is 1. The molecule has 3 heteroatoms. The Hall–Kier alpha value is -1.06. The maximum Gasteiger partial charge on any atom is 0.118 e. The lowest BCUT2D eigenvalue weighted by atomic mass is 9.86. The van der Waals surface area contributed by atoms with Crippen molar-refractivity contribution in [1.29, 1.82) is 0 Å². The first-order valence-electron chi connectivity index (χ1n) is 8.06. The maximum absolute atomic E-state index is 5.25. The van der Waals surface area contributed by atoms with Crippen molar-refractivity contribution in [2.24, 2.45) is 5.92 Å². The van der Waals surface area contributed by atoms with E-state index in [1.54, 1.807) is 7.11 Å². The van der Waals surface area contributed by atoms with Crippen molar-refractivity contribution in [3.63, 3.8) is 0 Å². The number of hydrogen-bond acceptors (Lipinski definition) is 3. The molecule has 2 aliphatic rings. The molecule has 0 radical (unpaired) electrons. The predicted octanol–water partition coefficient (Wildman–Crippen LogP) is 3.05. The zero-order valence-corrected chi connectivity index (χ0v) is 13.8. The summed E-state index contributed by atoms with van der Waals surface area (Å²) in [6.07, 6.45) is 2.78. The third kappa shape index (κ3) is 3.09. The van der Waals surface area contributed by atoms with Crippen LogP contribution in [-0.4, -0.2) is 36.2 Å². The van der Waals surface area contributed by atoms with Gasteiger partial charge in [0.05, 0.1) is 7.11 Å². The molecular formula is C18H28N2O. The zero-order chi connectivity index (χ0) is 15.1. The molecule has 21 heavy (non-hydrogen) atoms. The van der Waals surface area contributed by atoms with Crippen LogP contribution in [0.5, 0.6) is 5.75 Å². The lowest BCUT2D eigenvalue weighted by Gasteiger charge is -2.51. The van der Waals surface area contributed by atoms with Crippen molar-refractivity contribution in [1.82, 2.24) is 10.2 Å². The van der Waals surface area contributed by atoms with Gasteiger partial charge >= 0.3 is 0 Å². The Morgan fingerprint density at radius 3 is 2.43 bits per heavy atom. The van der Waals surface area contributed by atoms with Crippen LogP contribution in [-0.2, 0) is 6.54 Å². The molecule has 0 bridgehead atoms. The highest BCUT2D eigenvalue weighted by Crippen LogP contribution is 2.42. The summed E-state index contributed by atoms with van der Waals surface area (Å²) >= 11 is 0. The van der Waals surface area contributed by atoms with Crippen LogP contribution < -0.4 is 10.1 Å². The van der Waals surface area contributed by atoms with Crippen LogP contribution in [0.2, 0.25) is 0 Å². The minimum atomic E-state index is 0.203. The molecule has 1 saturated heterocycles. The Labute approximate surface area is 128 Å². The van der Waals surface area contributed by atoms with Gasteiger partial charge in [0, 0.05) is 30.7 Å². The second-order valence-electron chi connectivity index (χ2n) is 7.56. The monoisotopic (exact) mass is 288 g/mol. The highest BCUT2D eigenvalue weighted by atomic mass is 16.5. The Morgan fingerprint density at radius 2 is 1.86 bits per heavy atom. The third-order valence-corrected chi connectivity index (χ3v) is 5.31. The molecular weight excluding hydrogens is 260 g/mol. The van der Waals surface area contributed by atoms with E-state index in [4.69, 9.17) is 4.74 Å². The molecule has 1 N–H and O–H groups in total. The molecule has 1 aliphatic heterocycles. The van der Waals surface area contributed by atoms with Gasteiger partial charge < -0.3 is 10.1 Å². The molecule has 0 spiro atoms. The van der Waals surface area contributed by atoms with Gasteiger partial charge in [-0.1, -0.05) is 12.1 Å². The van der Waals surface area contributed by atoms with Gasteiger partial charge in [-0.15, -0.1) is 0 Å². The van der Waals surface area contributed by atoms with Crippen molar-refractivity contribution in [3.05, 3.63) is 29.8 Å². The SMILES string of the molecule is COc1ccc(CN2CC(C)(C3CC3)NCC2(C)C)cc1. The van der Waals surface area contributed by atoms with Crippen LogP contribution >= 0.6 is 0 Å². The molecule has 1 heterocycles. The van der Waals surface area contributed by atoms with Crippen LogP contribution in [0.3, 0.4) is 0 Å². The quantitative estimate of drug-likeness (QED) is 0.921. The number of benzene rings is 1. The van der Waals surface area contributed by atoms with E-state index in [1.807, 2.05) is 0 Å². The Morgan fingerprint density at radius 1 is 1.19 bits per heavy atom. The molecule has 1 saturated carbocycles. The van der Waals surface area contributed by atoms with E-state index in [2.05, 4.69) is 55.3 Å². The fourth-order valence-electron chi connectivity index (χ4n) is 3.41. The van der Waals surface area contributed by atoms with Gasteiger partial charge in [0.2, 0.25) is 0 Å². The van der Waals surface area contributed by atoms with Crippen molar-refractivity contribution < 1.29 is 4.74 Å². The van der Waals surface area contributed by atoms with Crippen molar-refractivity contribution in [2.75, 3.05) is 20.2 Å². The Bertz CT molecular complexity index is 492. The summed E-state index contributed by atoms with van der Waals surface area (Å²) < 4.78 is 5.25. The Balaban J connectivity index is 1.73. The summed E-state index contributed by atoms with van der Waals surface area (Å²) in [5, 5.41) is 3.82. The fourth-order valence-corrected chi connectivity index (χ4v) is 3.41. The van der Waals surface area contributed by atoms with E-state index in [9.17, 15) is 0 Å². The normalized spacial score (nSPS) is 29.3. The third-order valence-electron chi connectivity index (χ3n) is 5.31. The smallest absolute Gasteiger partial charge is 0.118 e. The van der Waals surface area contributed by atoms with Gasteiger partial charge in [0.15, 0.2) is 0 Å². The van der Waals surface area contributed by atoms with Crippen LogP contribution in [0.15, 0.2) is 24.3 Å². The molecule has 1 aromatic rings. The molecule has 3 rings (SSSR count). The van der Waals surface area contributed by atoms with E-state index < -0.39 is 0 Å². The summed E-state index contributed by atoms with van der Waals surface area (Å²) in [5.74, 6) is 1.80. The van der Waals surface area contributed by atoms with Gasteiger partial charge in [-0.25, -0.2) is 0 Å². The molecule has 3 nitrogen and oxygen atoms in total. The van der Waals surface area contributed by atoms with Crippen molar-refractivity contribution in [3.8, 4) is 5.75 Å². The van der Waals surface area contributed by atoms with E-state index in [-0.39, 0.29) is 5.54 Å². The van der Waals surface area contributed by atoms with Gasteiger partial charge in [0.25, 0.3) is 0 Å². The summed E-state index contributed by atoms with van der Waals surface area (Å²) in [5.41, 5.74) is 1.86. The van der Waals surface area contributed by atoms with Crippen LogP contribution in [0.4, 0.5) is 0 Å². The highest BCUT2D eigenvalue weighted by Gasteiger charge is 2.47. The van der Waals surface area contributed by atoms with Gasteiger partial charge in [-0.05, 0) is 57.2 Å². The summed E-state index contributed by atoms with van der Waals surface area (Å²) in [7, 11) is 1.72. The van der Waals surface area contributed by atoms with Crippen LogP contribution in [0.1, 0.15) is 39.2 Å². The van der Waals surface area contributed by atoms with Crippen molar-refractivity contribution in [2.45, 2.75) is 51.2 Å². The minimum absolute atomic E-state index is 0.203.